The van der Waals surface area contributed by atoms with Gasteiger partial charge in [-0.3, -0.25) is 4.79 Å². The number of hydrogen-bond acceptors (Lipinski definition) is 3. The van der Waals surface area contributed by atoms with Crippen molar-refractivity contribution in [3.05, 3.63) is 111 Å². The SMILES string of the molecule is Cc1onc(-c2c(Cl)cccc2Cl)c1C(=O)N1CCc2ccccc2[C@H]1c1ccccc1F. The predicted molar refractivity (Wildman–Crippen MR) is 126 cm³/mol. The summed E-state index contributed by atoms with van der Waals surface area (Å²) in [6.07, 6.45) is 0.652. The third kappa shape index (κ3) is 3.71. The first-order chi connectivity index (χ1) is 16.0. The summed E-state index contributed by atoms with van der Waals surface area (Å²) in [5.74, 6) is -0.340. The van der Waals surface area contributed by atoms with Crippen LogP contribution in [0.5, 0.6) is 0 Å². The number of aromatic nitrogens is 1. The highest BCUT2D eigenvalue weighted by Crippen LogP contribution is 2.41. The Balaban J connectivity index is 1.67. The summed E-state index contributed by atoms with van der Waals surface area (Å²) in [6.45, 7) is 2.08. The average molecular weight is 481 g/mol. The van der Waals surface area contributed by atoms with Crippen LogP contribution >= 0.6 is 23.2 Å². The lowest BCUT2D eigenvalue weighted by Gasteiger charge is -2.38. The third-order valence-corrected chi connectivity index (χ3v) is 6.65. The van der Waals surface area contributed by atoms with E-state index in [4.69, 9.17) is 27.7 Å². The molecule has 0 aliphatic carbocycles. The van der Waals surface area contributed by atoms with Crippen molar-refractivity contribution in [1.29, 1.82) is 0 Å². The zero-order chi connectivity index (χ0) is 23.1. The standard InChI is InChI=1S/C26H19Cl2FN2O2/c1-15-22(24(30-33-15)23-19(27)10-6-11-20(23)28)26(32)31-14-13-16-7-2-3-8-17(16)25(31)18-9-4-5-12-21(18)29/h2-12,25H,13-14H2,1H3/t25-/m0/s1. The van der Waals surface area contributed by atoms with Crippen molar-refractivity contribution in [2.75, 3.05) is 6.54 Å². The lowest BCUT2D eigenvalue weighted by molar-refractivity contribution is 0.0691. The number of carbonyl (C=O) groups excluding carboxylic acids is 1. The summed E-state index contributed by atoms with van der Waals surface area (Å²) in [5.41, 5.74) is 3.40. The molecule has 0 fully saturated rings. The van der Waals surface area contributed by atoms with Crippen LogP contribution in [0.4, 0.5) is 4.39 Å². The van der Waals surface area contributed by atoms with Crippen LogP contribution < -0.4 is 0 Å². The number of halogens is 3. The van der Waals surface area contributed by atoms with Gasteiger partial charge in [0.25, 0.3) is 5.91 Å². The molecular formula is C26H19Cl2FN2O2. The molecule has 4 aromatic rings. The third-order valence-electron chi connectivity index (χ3n) is 6.02. The second-order valence-corrected chi connectivity index (χ2v) is 8.74. The molecule has 0 bridgehead atoms. The molecule has 0 unspecified atom stereocenters. The van der Waals surface area contributed by atoms with E-state index in [1.807, 2.05) is 24.3 Å². The van der Waals surface area contributed by atoms with Gasteiger partial charge in [0.15, 0.2) is 0 Å². The maximum atomic E-state index is 15.0. The zero-order valence-corrected chi connectivity index (χ0v) is 19.2. The van der Waals surface area contributed by atoms with E-state index in [2.05, 4.69) is 5.16 Å². The largest absolute Gasteiger partial charge is 0.360 e. The molecule has 0 N–H and O–H groups in total. The molecule has 1 amide bonds. The molecule has 2 heterocycles. The fraction of sp³-hybridized carbons (Fsp3) is 0.154. The minimum Gasteiger partial charge on any atom is -0.360 e. The molecule has 0 saturated heterocycles. The highest BCUT2D eigenvalue weighted by Gasteiger charge is 2.37. The normalized spacial score (nSPS) is 15.4. The maximum absolute atomic E-state index is 15.0. The molecule has 0 saturated carbocycles. The van der Waals surface area contributed by atoms with Gasteiger partial charge in [0.2, 0.25) is 0 Å². The van der Waals surface area contributed by atoms with E-state index in [-0.39, 0.29) is 23.0 Å². The second kappa shape index (κ2) is 8.65. The number of carbonyl (C=O) groups is 1. The van der Waals surface area contributed by atoms with Crippen LogP contribution in [0.2, 0.25) is 10.0 Å². The number of aryl methyl sites for hydroxylation is 1. The molecule has 0 spiro atoms. The van der Waals surface area contributed by atoms with Crippen molar-refractivity contribution in [2.24, 2.45) is 0 Å². The van der Waals surface area contributed by atoms with Gasteiger partial charge in [-0.05, 0) is 42.7 Å². The van der Waals surface area contributed by atoms with Crippen LogP contribution in [0.25, 0.3) is 11.3 Å². The van der Waals surface area contributed by atoms with E-state index >= 15 is 0 Å². The average Bonchev–Trinajstić information content (AvgIpc) is 3.19. The molecule has 1 aromatic heterocycles. The van der Waals surface area contributed by atoms with Gasteiger partial charge in [0, 0.05) is 17.7 Å². The van der Waals surface area contributed by atoms with Crippen LogP contribution in [0.15, 0.2) is 71.3 Å². The van der Waals surface area contributed by atoms with Crippen LogP contribution in [0.1, 0.15) is 38.9 Å². The summed E-state index contributed by atoms with van der Waals surface area (Å²) in [5, 5.41) is 4.84. The van der Waals surface area contributed by atoms with Crippen molar-refractivity contribution in [3.63, 3.8) is 0 Å². The Labute approximate surface area is 200 Å². The first-order valence-electron chi connectivity index (χ1n) is 10.5. The summed E-state index contributed by atoms with van der Waals surface area (Å²) < 4.78 is 20.4. The summed E-state index contributed by atoms with van der Waals surface area (Å²) in [7, 11) is 0. The van der Waals surface area contributed by atoms with E-state index < -0.39 is 6.04 Å². The summed E-state index contributed by atoms with van der Waals surface area (Å²) in [4.78, 5) is 15.7. The van der Waals surface area contributed by atoms with Gasteiger partial charge in [0.05, 0.1) is 16.1 Å². The van der Waals surface area contributed by atoms with E-state index in [9.17, 15) is 9.18 Å². The molecule has 1 aliphatic heterocycles. The number of amides is 1. The molecule has 5 rings (SSSR count). The maximum Gasteiger partial charge on any atom is 0.260 e. The minimum atomic E-state index is -0.590. The first-order valence-corrected chi connectivity index (χ1v) is 11.3. The minimum absolute atomic E-state index is 0.269. The van der Waals surface area contributed by atoms with Gasteiger partial charge < -0.3 is 9.42 Å². The number of nitrogens with zero attached hydrogens (tertiary/aromatic N) is 2. The van der Waals surface area contributed by atoms with Crippen LogP contribution in [0.3, 0.4) is 0 Å². The summed E-state index contributed by atoms with van der Waals surface area (Å²) >= 11 is 12.8. The van der Waals surface area contributed by atoms with Crippen molar-refractivity contribution >= 4 is 29.1 Å². The topological polar surface area (TPSA) is 46.3 Å². The van der Waals surface area contributed by atoms with Gasteiger partial charge in [-0.25, -0.2) is 4.39 Å². The van der Waals surface area contributed by atoms with Crippen molar-refractivity contribution in [2.45, 2.75) is 19.4 Å². The summed E-state index contributed by atoms with van der Waals surface area (Å²) in [6, 6.07) is 18.9. The van der Waals surface area contributed by atoms with E-state index in [1.165, 1.54) is 6.07 Å². The molecule has 0 radical (unpaired) electrons. The zero-order valence-electron chi connectivity index (χ0n) is 17.7. The van der Waals surface area contributed by atoms with Crippen molar-refractivity contribution < 1.29 is 13.7 Å². The quantitative estimate of drug-likeness (QED) is 0.320. The lowest BCUT2D eigenvalue weighted by Crippen LogP contribution is -2.41. The van der Waals surface area contributed by atoms with Gasteiger partial charge in [0.1, 0.15) is 22.8 Å². The van der Waals surface area contributed by atoms with E-state index in [0.717, 1.165) is 11.1 Å². The molecular weight excluding hydrogens is 462 g/mol. The Morgan fingerprint density at radius 2 is 1.67 bits per heavy atom. The van der Waals surface area contributed by atoms with Crippen LogP contribution in [0, 0.1) is 12.7 Å². The Hall–Kier alpha value is -3.15. The molecule has 166 valence electrons. The monoisotopic (exact) mass is 480 g/mol. The number of rotatable bonds is 3. The Morgan fingerprint density at radius 1 is 1.00 bits per heavy atom. The molecule has 33 heavy (non-hydrogen) atoms. The number of fused-ring (bicyclic) bond motifs is 1. The Bertz CT molecular complexity index is 1350. The number of hydrogen-bond donors (Lipinski definition) is 0. The lowest BCUT2D eigenvalue weighted by atomic mass is 9.87. The van der Waals surface area contributed by atoms with E-state index in [1.54, 1.807) is 48.2 Å². The van der Waals surface area contributed by atoms with Crippen molar-refractivity contribution in [1.82, 2.24) is 10.1 Å². The van der Waals surface area contributed by atoms with Gasteiger partial charge >= 0.3 is 0 Å². The molecule has 1 aliphatic rings. The van der Waals surface area contributed by atoms with E-state index in [0.29, 0.717) is 39.9 Å². The predicted octanol–water partition coefficient (Wildman–Crippen LogP) is 6.88. The Morgan fingerprint density at radius 3 is 2.39 bits per heavy atom. The van der Waals surface area contributed by atoms with Gasteiger partial charge in [-0.15, -0.1) is 0 Å². The fourth-order valence-corrected chi connectivity index (χ4v) is 5.06. The highest BCUT2D eigenvalue weighted by molar-refractivity contribution is 6.39. The molecule has 7 heteroatoms. The first kappa shape index (κ1) is 21.7. The van der Waals surface area contributed by atoms with Gasteiger partial charge in [-0.1, -0.05) is 76.9 Å². The second-order valence-electron chi connectivity index (χ2n) is 7.93. The number of benzene rings is 3. The Kier molecular flexibility index (Phi) is 5.69. The van der Waals surface area contributed by atoms with Crippen LogP contribution in [-0.2, 0) is 6.42 Å². The van der Waals surface area contributed by atoms with Gasteiger partial charge in [-0.2, -0.15) is 0 Å². The molecule has 4 nitrogen and oxygen atoms in total. The smallest absolute Gasteiger partial charge is 0.260 e. The highest BCUT2D eigenvalue weighted by atomic mass is 35.5. The fourth-order valence-electron chi connectivity index (χ4n) is 4.48. The van der Waals surface area contributed by atoms with Crippen molar-refractivity contribution in [3.8, 4) is 11.3 Å². The molecule has 3 aromatic carbocycles. The van der Waals surface area contributed by atoms with Crippen LogP contribution in [-0.4, -0.2) is 22.5 Å². The molecule has 1 atom stereocenters.